The van der Waals surface area contributed by atoms with Gasteiger partial charge in [-0.3, -0.25) is 15.1 Å². The summed E-state index contributed by atoms with van der Waals surface area (Å²) in [5.74, 6) is -1.26. The van der Waals surface area contributed by atoms with Crippen LogP contribution in [0.3, 0.4) is 0 Å². The Balaban J connectivity index is 2.04. The third kappa shape index (κ3) is 2.82. The number of nitro groups is 1. The molecule has 23 heavy (non-hydrogen) atoms. The minimum atomic E-state index is -0.742. The number of para-hydroxylation sites is 1. The van der Waals surface area contributed by atoms with Crippen LogP contribution in [0, 0.1) is 10.1 Å². The molecular weight excluding hydrogens is 296 g/mol. The summed E-state index contributed by atoms with van der Waals surface area (Å²) in [6.45, 7) is 0. The maximum atomic E-state index is 10.9. The highest BCUT2D eigenvalue weighted by molar-refractivity contribution is 5.90. The van der Waals surface area contributed by atoms with Gasteiger partial charge in [-0.25, -0.2) is 0 Å². The number of rotatable bonds is 3. The fraction of sp³-hybridized carbons (Fsp3) is 0. The molecule has 0 saturated carbocycles. The second kappa shape index (κ2) is 5.76. The molecule has 0 spiro atoms. The van der Waals surface area contributed by atoms with Gasteiger partial charge in [0.2, 0.25) is 5.75 Å². The quantitative estimate of drug-likeness (QED) is 0.436. The molecule has 0 saturated heterocycles. The second-order valence-electron chi connectivity index (χ2n) is 4.92. The number of aromatic nitrogens is 1. The Kier molecular flexibility index (Phi) is 3.64. The van der Waals surface area contributed by atoms with Gasteiger partial charge in [-0.1, -0.05) is 30.4 Å². The molecule has 1 heterocycles. The van der Waals surface area contributed by atoms with Crippen molar-refractivity contribution in [3.8, 4) is 11.5 Å². The van der Waals surface area contributed by atoms with Crippen molar-refractivity contribution < 1.29 is 15.1 Å². The fourth-order valence-corrected chi connectivity index (χ4v) is 2.31. The third-order valence-corrected chi connectivity index (χ3v) is 3.43. The lowest BCUT2D eigenvalue weighted by molar-refractivity contribution is -0.386. The topological polar surface area (TPSA) is 96.5 Å². The Labute approximate surface area is 131 Å². The van der Waals surface area contributed by atoms with Gasteiger partial charge in [0.15, 0.2) is 5.75 Å². The zero-order chi connectivity index (χ0) is 16.4. The molecule has 3 aromatic rings. The largest absolute Gasteiger partial charge is 0.504 e. The van der Waals surface area contributed by atoms with Crippen LogP contribution in [0.5, 0.6) is 11.5 Å². The molecule has 1 aromatic heterocycles. The number of nitro benzene ring substituents is 1. The van der Waals surface area contributed by atoms with Gasteiger partial charge >= 0.3 is 5.69 Å². The molecule has 0 radical (unpaired) electrons. The molecule has 0 unspecified atom stereocenters. The predicted molar refractivity (Wildman–Crippen MR) is 87.1 cm³/mol. The van der Waals surface area contributed by atoms with Crippen molar-refractivity contribution in [2.45, 2.75) is 0 Å². The average molecular weight is 308 g/mol. The number of benzene rings is 2. The number of hydrogen-bond acceptors (Lipinski definition) is 5. The molecule has 0 amide bonds. The molecule has 6 heteroatoms. The standard InChI is InChI=1S/C17H12N2O4/c20-16-10-11(9-15(17(16)21)19(22)23)5-6-12-7-8-18-14-4-2-1-3-13(12)14/h1-10,20-21H. The van der Waals surface area contributed by atoms with E-state index in [9.17, 15) is 20.3 Å². The maximum absolute atomic E-state index is 10.9. The van der Waals surface area contributed by atoms with E-state index in [1.165, 1.54) is 12.1 Å². The minimum absolute atomic E-state index is 0.410. The first-order valence-electron chi connectivity index (χ1n) is 6.78. The first-order valence-corrected chi connectivity index (χ1v) is 6.78. The highest BCUT2D eigenvalue weighted by Crippen LogP contribution is 2.36. The molecule has 0 aliphatic rings. The van der Waals surface area contributed by atoms with Crippen molar-refractivity contribution in [3.05, 3.63) is 69.9 Å². The van der Waals surface area contributed by atoms with E-state index in [1.54, 1.807) is 18.3 Å². The number of nitrogens with zero attached hydrogens (tertiary/aromatic N) is 2. The summed E-state index contributed by atoms with van der Waals surface area (Å²) in [4.78, 5) is 14.4. The lowest BCUT2D eigenvalue weighted by atomic mass is 10.1. The van der Waals surface area contributed by atoms with Gasteiger partial charge in [0.25, 0.3) is 0 Å². The molecule has 2 N–H and O–H groups in total. The Morgan fingerprint density at radius 3 is 2.65 bits per heavy atom. The van der Waals surface area contributed by atoms with Crippen LogP contribution < -0.4 is 0 Å². The SMILES string of the molecule is O=[N+]([O-])c1cc(C=Cc2ccnc3ccccc23)cc(O)c1O. The second-order valence-corrected chi connectivity index (χ2v) is 4.92. The first kappa shape index (κ1) is 14.5. The summed E-state index contributed by atoms with van der Waals surface area (Å²) in [6.07, 6.45) is 5.09. The highest BCUT2D eigenvalue weighted by atomic mass is 16.6. The Bertz CT molecular complexity index is 930. The summed E-state index contributed by atoms with van der Waals surface area (Å²) in [7, 11) is 0. The Morgan fingerprint density at radius 1 is 1.09 bits per heavy atom. The van der Waals surface area contributed by atoms with E-state index in [1.807, 2.05) is 30.3 Å². The molecule has 0 aliphatic carbocycles. The molecule has 3 rings (SSSR count). The minimum Gasteiger partial charge on any atom is -0.504 e. The van der Waals surface area contributed by atoms with Crippen LogP contribution in [0.4, 0.5) is 5.69 Å². The lowest BCUT2D eigenvalue weighted by Gasteiger charge is -2.03. The molecule has 114 valence electrons. The molecule has 6 nitrogen and oxygen atoms in total. The first-order chi connectivity index (χ1) is 11.1. The zero-order valence-electron chi connectivity index (χ0n) is 11.9. The van der Waals surface area contributed by atoms with Crippen LogP contribution in [0.1, 0.15) is 11.1 Å². The zero-order valence-corrected chi connectivity index (χ0v) is 11.9. The van der Waals surface area contributed by atoms with Crippen molar-refractivity contribution in [2.24, 2.45) is 0 Å². The Hall–Kier alpha value is -3.41. The van der Waals surface area contributed by atoms with Crippen molar-refractivity contribution in [2.75, 3.05) is 0 Å². The van der Waals surface area contributed by atoms with Gasteiger partial charge in [-0.2, -0.15) is 0 Å². The van der Waals surface area contributed by atoms with E-state index in [0.717, 1.165) is 16.5 Å². The van der Waals surface area contributed by atoms with Gasteiger partial charge in [0.1, 0.15) is 0 Å². The van der Waals surface area contributed by atoms with E-state index >= 15 is 0 Å². The summed E-state index contributed by atoms with van der Waals surface area (Å²) in [5.41, 5.74) is 1.61. The Morgan fingerprint density at radius 2 is 1.87 bits per heavy atom. The number of phenolic OH excluding ortho intramolecular Hbond substituents is 2. The van der Waals surface area contributed by atoms with Crippen molar-refractivity contribution in [1.29, 1.82) is 0 Å². The molecule has 2 aromatic carbocycles. The van der Waals surface area contributed by atoms with Gasteiger partial charge in [0.05, 0.1) is 10.4 Å². The molecule has 0 aliphatic heterocycles. The van der Waals surface area contributed by atoms with Gasteiger partial charge in [-0.15, -0.1) is 0 Å². The van der Waals surface area contributed by atoms with Crippen molar-refractivity contribution in [3.63, 3.8) is 0 Å². The van der Waals surface area contributed by atoms with E-state index in [4.69, 9.17) is 0 Å². The number of pyridine rings is 1. The van der Waals surface area contributed by atoms with E-state index < -0.39 is 22.1 Å². The fourth-order valence-electron chi connectivity index (χ4n) is 2.31. The number of hydrogen-bond donors (Lipinski definition) is 2. The van der Waals surface area contributed by atoms with Gasteiger partial charge < -0.3 is 10.2 Å². The molecule has 0 fully saturated rings. The van der Waals surface area contributed by atoms with E-state index in [-0.39, 0.29) is 0 Å². The van der Waals surface area contributed by atoms with Crippen molar-refractivity contribution >= 4 is 28.7 Å². The third-order valence-electron chi connectivity index (χ3n) is 3.43. The van der Waals surface area contributed by atoms with Crippen LogP contribution in [-0.2, 0) is 0 Å². The van der Waals surface area contributed by atoms with Gasteiger partial charge in [0, 0.05) is 17.6 Å². The van der Waals surface area contributed by atoms with E-state index in [2.05, 4.69) is 4.98 Å². The summed E-state index contributed by atoms with van der Waals surface area (Å²) < 4.78 is 0. The lowest BCUT2D eigenvalue weighted by Crippen LogP contribution is -1.89. The smallest absolute Gasteiger partial charge is 0.315 e. The number of aromatic hydroxyl groups is 2. The normalized spacial score (nSPS) is 11.1. The van der Waals surface area contributed by atoms with E-state index in [0.29, 0.717) is 5.56 Å². The van der Waals surface area contributed by atoms with Crippen LogP contribution >= 0.6 is 0 Å². The summed E-state index contributed by atoms with van der Waals surface area (Å²) >= 11 is 0. The summed E-state index contributed by atoms with van der Waals surface area (Å²) in [5, 5.41) is 30.9. The monoisotopic (exact) mass is 308 g/mol. The van der Waals surface area contributed by atoms with Crippen LogP contribution in [0.2, 0.25) is 0 Å². The number of phenols is 2. The molecule has 0 bridgehead atoms. The number of fused-ring (bicyclic) bond motifs is 1. The van der Waals surface area contributed by atoms with Crippen LogP contribution in [0.25, 0.3) is 23.1 Å². The highest BCUT2D eigenvalue weighted by Gasteiger charge is 2.17. The molecular formula is C17H12N2O4. The average Bonchev–Trinajstić information content (AvgIpc) is 2.55. The summed E-state index contributed by atoms with van der Waals surface area (Å²) in [6, 6.07) is 11.9. The van der Waals surface area contributed by atoms with Gasteiger partial charge in [-0.05, 0) is 29.3 Å². The maximum Gasteiger partial charge on any atom is 0.315 e. The predicted octanol–water partition coefficient (Wildman–Crippen LogP) is 3.72. The van der Waals surface area contributed by atoms with Crippen molar-refractivity contribution in [1.82, 2.24) is 4.98 Å². The molecule has 0 atom stereocenters. The van der Waals surface area contributed by atoms with Crippen LogP contribution in [-0.4, -0.2) is 20.1 Å². The van der Waals surface area contributed by atoms with Crippen LogP contribution in [0.15, 0.2) is 48.7 Å².